The Labute approximate surface area is 150 Å². The fourth-order valence-electron chi connectivity index (χ4n) is 2.59. The smallest absolute Gasteiger partial charge is 0.328 e. The van der Waals surface area contributed by atoms with Crippen LogP contribution in [0.1, 0.15) is 12.0 Å². The minimum Gasteiger partial charge on any atom is -0.385 e. The number of imidazole rings is 1. The fraction of sp³-hybridized carbons (Fsp3) is 0.312. The summed E-state index contributed by atoms with van der Waals surface area (Å²) in [6.45, 7) is 0.662. The number of hydrogen-bond acceptors (Lipinski definition) is 7. The highest BCUT2D eigenvalue weighted by Crippen LogP contribution is 2.19. The van der Waals surface area contributed by atoms with Gasteiger partial charge in [-0.2, -0.15) is 4.98 Å². The van der Waals surface area contributed by atoms with Crippen LogP contribution >= 0.6 is 0 Å². The number of nitrogens with one attached hydrogen (secondary N) is 2. The molecular weight excluding hydrogens is 356 g/mol. The molecule has 26 heavy (non-hydrogen) atoms. The fourth-order valence-corrected chi connectivity index (χ4v) is 3.78. The van der Waals surface area contributed by atoms with Crippen molar-refractivity contribution in [2.24, 2.45) is 0 Å². The van der Waals surface area contributed by atoms with E-state index in [1.807, 2.05) is 30.3 Å². The first-order valence-corrected chi connectivity index (χ1v) is 9.70. The van der Waals surface area contributed by atoms with Gasteiger partial charge in [0.05, 0.1) is 6.54 Å². The zero-order valence-corrected chi connectivity index (χ0v) is 15.1. The van der Waals surface area contributed by atoms with Crippen LogP contribution < -0.4 is 11.4 Å². The average molecular weight is 376 g/mol. The molecule has 10 heteroatoms. The number of benzene rings is 1. The van der Waals surface area contributed by atoms with Gasteiger partial charge in [-0.3, -0.25) is 4.57 Å². The predicted molar refractivity (Wildman–Crippen MR) is 98.6 cm³/mol. The molecule has 0 aliphatic heterocycles. The number of methoxy groups -OCH3 is 1. The lowest BCUT2D eigenvalue weighted by atomic mass is 10.2. The van der Waals surface area contributed by atoms with Crippen molar-refractivity contribution < 1.29 is 8.95 Å². The van der Waals surface area contributed by atoms with Crippen molar-refractivity contribution >= 4 is 26.7 Å². The number of rotatable bonds is 7. The van der Waals surface area contributed by atoms with Gasteiger partial charge in [0, 0.05) is 19.5 Å². The number of nitrogens with two attached hydrogens (primary N) is 1. The van der Waals surface area contributed by atoms with Crippen LogP contribution in [-0.2, 0) is 21.0 Å². The van der Waals surface area contributed by atoms with Gasteiger partial charge in [-0.15, -0.1) is 0 Å². The third kappa shape index (κ3) is 3.60. The number of aromatic nitrogens is 4. The van der Waals surface area contributed by atoms with Gasteiger partial charge < -0.3 is 15.5 Å². The monoisotopic (exact) mass is 376 g/mol. The highest BCUT2D eigenvalue weighted by molar-refractivity contribution is 7.92. The third-order valence-electron chi connectivity index (χ3n) is 3.89. The Hall–Kier alpha value is -2.72. The van der Waals surface area contributed by atoms with Crippen molar-refractivity contribution in [3.63, 3.8) is 0 Å². The Balaban J connectivity index is 2.06. The van der Waals surface area contributed by atoms with Gasteiger partial charge in [0.15, 0.2) is 11.5 Å². The zero-order chi connectivity index (χ0) is 18.7. The second-order valence-corrected chi connectivity index (χ2v) is 7.94. The van der Waals surface area contributed by atoms with E-state index in [2.05, 4.69) is 15.0 Å². The third-order valence-corrected chi connectivity index (χ3v) is 5.52. The van der Waals surface area contributed by atoms with Gasteiger partial charge in [0.2, 0.25) is 5.16 Å². The zero-order valence-electron chi connectivity index (χ0n) is 14.3. The minimum absolute atomic E-state index is 0.000582. The van der Waals surface area contributed by atoms with Gasteiger partial charge in [-0.05, 0) is 12.0 Å². The van der Waals surface area contributed by atoms with Crippen LogP contribution in [0.4, 0.5) is 5.82 Å². The minimum atomic E-state index is -3.24. The second kappa shape index (κ2) is 7.26. The molecule has 1 atom stereocenters. The maximum absolute atomic E-state index is 12.7. The number of H-pyrrole nitrogens is 1. The molecule has 0 aliphatic carbocycles. The van der Waals surface area contributed by atoms with E-state index in [9.17, 15) is 9.00 Å². The molecule has 0 saturated heterocycles. The van der Waals surface area contributed by atoms with E-state index in [1.165, 1.54) is 11.7 Å². The van der Waals surface area contributed by atoms with Crippen molar-refractivity contribution in [3.8, 4) is 0 Å². The van der Waals surface area contributed by atoms with E-state index in [0.717, 1.165) is 5.56 Å². The van der Waals surface area contributed by atoms with Crippen molar-refractivity contribution in [1.82, 2.24) is 19.5 Å². The molecule has 3 aromatic rings. The summed E-state index contributed by atoms with van der Waals surface area (Å²) >= 11 is 0. The first-order valence-electron chi connectivity index (χ1n) is 7.98. The molecule has 0 fully saturated rings. The predicted octanol–water partition coefficient (Wildman–Crippen LogP) is 1.19. The highest BCUT2D eigenvalue weighted by atomic mass is 32.2. The molecule has 0 aliphatic rings. The first kappa shape index (κ1) is 18.1. The molecule has 138 valence electrons. The van der Waals surface area contributed by atoms with Crippen LogP contribution in [0.5, 0.6) is 0 Å². The molecule has 2 aromatic heterocycles. The summed E-state index contributed by atoms with van der Waals surface area (Å²) in [5, 5.41) is -0.167. The molecule has 3 rings (SSSR count). The molecular formula is C16H20N6O3S. The Morgan fingerprint density at radius 1 is 1.31 bits per heavy atom. The molecule has 0 spiro atoms. The number of fused-ring (bicyclic) bond motifs is 1. The lowest BCUT2D eigenvalue weighted by Crippen LogP contribution is -2.18. The van der Waals surface area contributed by atoms with Crippen molar-refractivity contribution in [2.45, 2.75) is 18.1 Å². The molecule has 0 radical (unpaired) electrons. The van der Waals surface area contributed by atoms with Crippen molar-refractivity contribution in [1.29, 1.82) is 4.78 Å². The van der Waals surface area contributed by atoms with E-state index in [0.29, 0.717) is 13.0 Å². The molecule has 9 nitrogen and oxygen atoms in total. The van der Waals surface area contributed by atoms with Gasteiger partial charge in [0.25, 0.3) is 0 Å². The van der Waals surface area contributed by atoms with Crippen LogP contribution in [0, 0.1) is 4.78 Å². The van der Waals surface area contributed by atoms with Gasteiger partial charge in [-0.1, -0.05) is 30.3 Å². The number of nitrogens with zero attached hydrogens (tertiary/aromatic N) is 3. The Morgan fingerprint density at radius 3 is 2.73 bits per heavy atom. The van der Waals surface area contributed by atoms with E-state index in [4.69, 9.17) is 15.3 Å². The largest absolute Gasteiger partial charge is 0.385 e. The van der Waals surface area contributed by atoms with Crippen LogP contribution in [0.15, 0.2) is 40.3 Å². The molecule has 0 bridgehead atoms. The van der Waals surface area contributed by atoms with Gasteiger partial charge in [-0.25, -0.2) is 18.8 Å². The Kier molecular flexibility index (Phi) is 5.05. The van der Waals surface area contributed by atoms with E-state index in [-0.39, 0.29) is 34.4 Å². The standard InChI is InChI=1S/C16H20N6O3S/c1-25-8-5-9-26(18,24)15-20-13(17)12-14(21-15)22(16(23)19-12)10-11-6-3-2-4-7-11/h2-4,6-7,18H,5,8-10H2,1H3,(H,19,23)(H2,17,20,21). The van der Waals surface area contributed by atoms with Crippen LogP contribution in [-0.4, -0.2) is 43.2 Å². The number of ether oxygens (including phenoxy) is 1. The summed E-state index contributed by atoms with van der Waals surface area (Å²) in [5.41, 5.74) is 6.95. The van der Waals surface area contributed by atoms with Crippen LogP contribution in [0.25, 0.3) is 11.2 Å². The summed E-state index contributed by atoms with van der Waals surface area (Å²) in [7, 11) is -1.70. The summed E-state index contributed by atoms with van der Waals surface area (Å²) in [6.07, 6.45) is 0.435. The maximum Gasteiger partial charge on any atom is 0.328 e. The quantitative estimate of drug-likeness (QED) is 0.418. The average Bonchev–Trinajstić information content (AvgIpc) is 2.93. The Bertz CT molecular complexity index is 1070. The van der Waals surface area contributed by atoms with Crippen molar-refractivity contribution in [2.75, 3.05) is 25.2 Å². The number of anilines is 1. The summed E-state index contributed by atoms with van der Waals surface area (Å²) in [6, 6.07) is 9.39. The second-order valence-electron chi connectivity index (χ2n) is 5.82. The first-order chi connectivity index (χ1) is 12.4. The number of hydrogen-bond donors (Lipinski definition) is 3. The van der Waals surface area contributed by atoms with E-state index < -0.39 is 15.4 Å². The molecule has 0 amide bonds. The lowest BCUT2D eigenvalue weighted by Gasteiger charge is -2.08. The summed E-state index contributed by atoms with van der Waals surface area (Å²) < 4.78 is 27.1. The molecule has 0 saturated carbocycles. The summed E-state index contributed by atoms with van der Waals surface area (Å²) in [5.74, 6) is 0.0553. The summed E-state index contributed by atoms with van der Waals surface area (Å²) in [4.78, 5) is 23.2. The Morgan fingerprint density at radius 2 is 2.04 bits per heavy atom. The normalized spacial score (nSPS) is 13.7. The van der Waals surface area contributed by atoms with E-state index >= 15 is 0 Å². The van der Waals surface area contributed by atoms with Crippen LogP contribution in [0.3, 0.4) is 0 Å². The molecule has 4 N–H and O–H groups in total. The van der Waals surface area contributed by atoms with Crippen molar-refractivity contribution in [3.05, 3.63) is 46.4 Å². The van der Waals surface area contributed by atoms with Gasteiger partial charge >= 0.3 is 5.69 Å². The molecule has 1 aromatic carbocycles. The van der Waals surface area contributed by atoms with Gasteiger partial charge in [0.1, 0.15) is 15.2 Å². The van der Waals surface area contributed by atoms with Crippen LogP contribution in [0.2, 0.25) is 0 Å². The lowest BCUT2D eigenvalue weighted by molar-refractivity contribution is 0.199. The maximum atomic E-state index is 12.7. The number of aromatic amines is 1. The highest BCUT2D eigenvalue weighted by Gasteiger charge is 2.20. The number of nitrogen functional groups attached to an aromatic ring is 1. The van der Waals surface area contributed by atoms with E-state index in [1.54, 1.807) is 0 Å². The molecule has 1 unspecified atom stereocenters. The molecule has 2 heterocycles. The topological polar surface area (TPSA) is 140 Å². The SMILES string of the molecule is COCCCS(=N)(=O)c1nc(N)c2[nH]c(=O)n(Cc3ccccc3)c2n1.